The number of aryl methyl sites for hydroxylation is 2. The van der Waals surface area contributed by atoms with Gasteiger partial charge in [0, 0.05) is 6.54 Å². The van der Waals surface area contributed by atoms with Crippen LogP contribution in [0.5, 0.6) is 0 Å². The molecule has 2 aromatic carbocycles. The molecule has 1 atom stereocenters. The van der Waals surface area contributed by atoms with Gasteiger partial charge >= 0.3 is 0 Å². The molecule has 1 saturated heterocycles. The van der Waals surface area contributed by atoms with Crippen LogP contribution in [0.2, 0.25) is 0 Å². The maximum absolute atomic E-state index is 13.4. The Hall–Kier alpha value is -2.62. The molecular formula is C26H35N3O. The molecule has 1 heterocycles. The van der Waals surface area contributed by atoms with Gasteiger partial charge in [-0.05, 0) is 55.2 Å². The highest BCUT2D eigenvalue weighted by molar-refractivity contribution is 6.08. The highest BCUT2D eigenvalue weighted by Crippen LogP contribution is 2.26. The summed E-state index contributed by atoms with van der Waals surface area (Å²) in [5, 5.41) is 3.47. The third-order valence-electron chi connectivity index (χ3n) is 5.65. The average molecular weight is 406 g/mol. The summed E-state index contributed by atoms with van der Waals surface area (Å²) in [7, 11) is 0. The molecule has 0 saturated carbocycles. The predicted octanol–water partition coefficient (Wildman–Crippen LogP) is 4.97. The standard InChI is InChI=1S/C26H35N3O/c1-5-21-13-9-14-23(17-21)19-29-24(30)26(4,18-20(2)3)28-25(29)27-16-10-15-22-11-7-6-8-12-22/h6-9,11-14,17,20H,5,10,15-16,18-19H2,1-4H3,(H,27,28). The second-order valence-corrected chi connectivity index (χ2v) is 8.91. The van der Waals surface area contributed by atoms with Gasteiger partial charge in [-0.25, -0.2) is 0 Å². The summed E-state index contributed by atoms with van der Waals surface area (Å²) in [4.78, 5) is 20.0. The molecule has 1 aliphatic rings. The Bertz CT molecular complexity index is 875. The zero-order chi connectivity index (χ0) is 21.6. The molecule has 0 aliphatic carbocycles. The Labute approximate surface area is 181 Å². The van der Waals surface area contributed by atoms with Crippen LogP contribution in [0.25, 0.3) is 0 Å². The minimum atomic E-state index is -0.588. The molecule has 4 nitrogen and oxygen atoms in total. The van der Waals surface area contributed by atoms with Crippen molar-refractivity contribution in [2.45, 2.75) is 65.5 Å². The molecule has 2 aromatic rings. The first-order chi connectivity index (χ1) is 14.4. The van der Waals surface area contributed by atoms with Crippen LogP contribution in [0.3, 0.4) is 0 Å². The molecular weight excluding hydrogens is 370 g/mol. The topological polar surface area (TPSA) is 44.7 Å². The number of nitrogens with zero attached hydrogens (tertiary/aromatic N) is 2. The summed E-state index contributed by atoms with van der Waals surface area (Å²) in [5.74, 6) is 1.27. The van der Waals surface area contributed by atoms with E-state index in [-0.39, 0.29) is 5.91 Å². The lowest BCUT2D eigenvalue weighted by Crippen LogP contribution is -2.45. The van der Waals surface area contributed by atoms with E-state index in [4.69, 9.17) is 4.99 Å². The van der Waals surface area contributed by atoms with Gasteiger partial charge in [0.15, 0.2) is 0 Å². The molecule has 0 aromatic heterocycles. The molecule has 4 heteroatoms. The molecule has 1 unspecified atom stereocenters. The normalized spacial score (nSPS) is 20.2. The second-order valence-electron chi connectivity index (χ2n) is 8.91. The van der Waals surface area contributed by atoms with E-state index in [2.05, 4.69) is 74.6 Å². The van der Waals surface area contributed by atoms with Crippen LogP contribution in [-0.4, -0.2) is 28.9 Å². The van der Waals surface area contributed by atoms with E-state index in [0.29, 0.717) is 19.0 Å². The lowest BCUT2D eigenvalue weighted by atomic mass is 9.91. The van der Waals surface area contributed by atoms with E-state index in [0.717, 1.165) is 37.2 Å². The molecule has 30 heavy (non-hydrogen) atoms. The van der Waals surface area contributed by atoms with Crippen LogP contribution in [0.4, 0.5) is 0 Å². The average Bonchev–Trinajstić information content (AvgIpc) is 2.95. The van der Waals surface area contributed by atoms with E-state index in [1.165, 1.54) is 11.1 Å². The van der Waals surface area contributed by atoms with Gasteiger partial charge in [-0.15, -0.1) is 0 Å². The number of carbonyl (C=O) groups is 1. The fraction of sp³-hybridized carbons (Fsp3) is 0.462. The fourth-order valence-corrected chi connectivity index (χ4v) is 4.23. The third-order valence-corrected chi connectivity index (χ3v) is 5.65. The Morgan fingerprint density at radius 1 is 1.03 bits per heavy atom. The molecule has 0 bridgehead atoms. The Kier molecular flexibility index (Phi) is 7.30. The van der Waals surface area contributed by atoms with Crippen LogP contribution in [0.1, 0.15) is 57.2 Å². The van der Waals surface area contributed by atoms with E-state index >= 15 is 0 Å². The first-order valence-corrected chi connectivity index (χ1v) is 11.2. The molecule has 1 N–H and O–H groups in total. The monoisotopic (exact) mass is 405 g/mol. The van der Waals surface area contributed by atoms with Crippen LogP contribution in [0.15, 0.2) is 59.6 Å². The Morgan fingerprint density at radius 2 is 1.73 bits per heavy atom. The first-order valence-electron chi connectivity index (χ1n) is 11.2. The Balaban J connectivity index is 1.75. The minimum Gasteiger partial charge on any atom is -0.342 e. The Morgan fingerprint density at radius 3 is 2.43 bits per heavy atom. The number of carbonyl (C=O) groups excluding carboxylic acids is 1. The van der Waals surface area contributed by atoms with Gasteiger partial charge < -0.3 is 5.32 Å². The predicted molar refractivity (Wildman–Crippen MR) is 124 cm³/mol. The minimum absolute atomic E-state index is 0.125. The van der Waals surface area contributed by atoms with Crippen LogP contribution in [0, 0.1) is 5.92 Å². The smallest absolute Gasteiger partial charge is 0.255 e. The number of aliphatic imine (C=N–C) groups is 1. The van der Waals surface area contributed by atoms with Gasteiger partial charge in [-0.2, -0.15) is 0 Å². The number of benzene rings is 2. The molecule has 1 amide bonds. The quantitative estimate of drug-likeness (QED) is 0.598. The van der Waals surface area contributed by atoms with E-state index in [9.17, 15) is 4.79 Å². The zero-order valence-electron chi connectivity index (χ0n) is 18.8. The van der Waals surface area contributed by atoms with Gasteiger partial charge in [0.25, 0.3) is 5.91 Å². The van der Waals surface area contributed by atoms with Crippen LogP contribution < -0.4 is 5.32 Å². The van der Waals surface area contributed by atoms with Crippen molar-refractivity contribution in [2.75, 3.05) is 6.54 Å². The van der Waals surface area contributed by atoms with Crippen LogP contribution >= 0.6 is 0 Å². The SMILES string of the molecule is CCc1cccc(CN2C(=O)C(C)(CC(C)C)NC2=NCCCc2ccccc2)c1. The van der Waals surface area contributed by atoms with Gasteiger partial charge in [-0.3, -0.25) is 14.7 Å². The van der Waals surface area contributed by atoms with Gasteiger partial charge in [0.05, 0.1) is 6.54 Å². The van der Waals surface area contributed by atoms with E-state index in [1.54, 1.807) is 0 Å². The molecule has 3 rings (SSSR count). The van der Waals surface area contributed by atoms with Crippen molar-refractivity contribution in [3.8, 4) is 0 Å². The third kappa shape index (κ3) is 5.50. The van der Waals surface area contributed by atoms with Gasteiger partial charge in [0.2, 0.25) is 5.96 Å². The van der Waals surface area contributed by atoms with Crippen molar-refractivity contribution < 1.29 is 4.79 Å². The second kappa shape index (κ2) is 9.92. The summed E-state index contributed by atoms with van der Waals surface area (Å²) in [6, 6.07) is 19.0. The van der Waals surface area contributed by atoms with Crippen molar-refractivity contribution in [2.24, 2.45) is 10.9 Å². The van der Waals surface area contributed by atoms with Crippen LogP contribution in [-0.2, 0) is 24.2 Å². The van der Waals surface area contributed by atoms with Gasteiger partial charge in [0.1, 0.15) is 5.54 Å². The fourth-order valence-electron chi connectivity index (χ4n) is 4.23. The van der Waals surface area contributed by atoms with Crippen molar-refractivity contribution in [3.63, 3.8) is 0 Å². The van der Waals surface area contributed by atoms with E-state index < -0.39 is 5.54 Å². The number of rotatable bonds is 9. The van der Waals surface area contributed by atoms with Crippen molar-refractivity contribution >= 4 is 11.9 Å². The lowest BCUT2D eigenvalue weighted by molar-refractivity contribution is -0.131. The number of amides is 1. The molecule has 0 spiro atoms. The lowest BCUT2D eigenvalue weighted by Gasteiger charge is -2.24. The highest BCUT2D eigenvalue weighted by Gasteiger charge is 2.46. The summed E-state index contributed by atoms with van der Waals surface area (Å²) in [6.45, 7) is 9.74. The number of hydrogen-bond acceptors (Lipinski definition) is 2. The molecule has 160 valence electrons. The zero-order valence-corrected chi connectivity index (χ0v) is 18.8. The van der Waals surface area contributed by atoms with Crippen molar-refractivity contribution in [1.29, 1.82) is 0 Å². The summed E-state index contributed by atoms with van der Waals surface area (Å²) < 4.78 is 0. The van der Waals surface area contributed by atoms with Gasteiger partial charge in [-0.1, -0.05) is 75.4 Å². The first kappa shape index (κ1) is 22.1. The summed E-state index contributed by atoms with van der Waals surface area (Å²) in [6.07, 6.45) is 3.74. The maximum atomic E-state index is 13.4. The van der Waals surface area contributed by atoms with E-state index in [1.807, 2.05) is 17.9 Å². The summed E-state index contributed by atoms with van der Waals surface area (Å²) >= 11 is 0. The largest absolute Gasteiger partial charge is 0.342 e. The molecule has 1 fully saturated rings. The molecule has 1 aliphatic heterocycles. The number of nitrogens with one attached hydrogen (secondary N) is 1. The number of guanidine groups is 1. The molecule has 0 radical (unpaired) electrons. The summed E-state index contributed by atoms with van der Waals surface area (Å²) in [5.41, 5.74) is 3.18. The highest BCUT2D eigenvalue weighted by atomic mass is 16.2. The number of hydrogen-bond donors (Lipinski definition) is 1. The van der Waals surface area contributed by atoms with Crippen molar-refractivity contribution in [1.82, 2.24) is 10.2 Å². The maximum Gasteiger partial charge on any atom is 0.255 e. The van der Waals surface area contributed by atoms with Crippen molar-refractivity contribution in [3.05, 3.63) is 71.3 Å².